The van der Waals surface area contributed by atoms with Crippen molar-refractivity contribution in [2.75, 3.05) is 41.0 Å². The molecule has 0 aliphatic rings. The van der Waals surface area contributed by atoms with Gasteiger partial charge in [0.1, 0.15) is 12.6 Å². The van der Waals surface area contributed by atoms with Gasteiger partial charge in [-0.25, -0.2) is 0 Å². The highest BCUT2D eigenvalue weighted by Crippen LogP contribution is 2.12. The number of hydrogen-bond donors (Lipinski definition) is 0. The third-order valence-electron chi connectivity index (χ3n) is 7.73. The summed E-state index contributed by atoms with van der Waals surface area (Å²) in [5.41, 5.74) is 0. The highest BCUT2D eigenvalue weighted by molar-refractivity contribution is 5.70. The second-order valence-electron chi connectivity index (χ2n) is 13.2. The lowest BCUT2D eigenvalue weighted by Crippen LogP contribution is -2.55. The smallest absolute Gasteiger partial charge is 0.306 e. The van der Waals surface area contributed by atoms with E-state index in [1.807, 2.05) is 36.5 Å². The molecule has 0 aliphatic heterocycles. The molecule has 274 valence electrons. The van der Waals surface area contributed by atoms with Gasteiger partial charge >= 0.3 is 11.9 Å². The maximum absolute atomic E-state index is 12.6. The molecule has 0 saturated heterocycles. The van der Waals surface area contributed by atoms with Crippen molar-refractivity contribution in [2.45, 2.75) is 135 Å². The fraction of sp³-hybridized carbons (Fsp3) is 0.675. The monoisotopic (exact) mass is 673 g/mol. The number of aliphatic carboxylic acids is 1. The number of nitrogens with zero attached hydrogens (tertiary/aromatic N) is 1. The Hall–Kier alpha value is -2.97. The van der Waals surface area contributed by atoms with Crippen LogP contribution in [-0.2, 0) is 28.6 Å². The van der Waals surface area contributed by atoms with Crippen LogP contribution in [0.1, 0.15) is 123 Å². The average Bonchev–Trinajstić information content (AvgIpc) is 3.03. The van der Waals surface area contributed by atoms with Gasteiger partial charge in [-0.15, -0.1) is 0 Å². The number of carbonyl (C=O) groups is 3. The van der Waals surface area contributed by atoms with E-state index in [1.165, 1.54) is 19.3 Å². The number of carboxylic acids is 1. The van der Waals surface area contributed by atoms with Crippen LogP contribution >= 0.6 is 0 Å². The van der Waals surface area contributed by atoms with Crippen LogP contribution in [-0.4, -0.2) is 75.5 Å². The molecule has 0 radical (unpaired) electrons. The molecule has 0 N–H and O–H groups in total. The van der Waals surface area contributed by atoms with Gasteiger partial charge in [0.05, 0.1) is 40.3 Å². The Morgan fingerprint density at radius 1 is 0.646 bits per heavy atom. The van der Waals surface area contributed by atoms with Crippen molar-refractivity contribution in [3.8, 4) is 0 Å². The van der Waals surface area contributed by atoms with Gasteiger partial charge in [-0.3, -0.25) is 9.59 Å². The van der Waals surface area contributed by atoms with Gasteiger partial charge in [0, 0.05) is 19.3 Å². The van der Waals surface area contributed by atoms with Crippen LogP contribution in [0.15, 0.2) is 60.8 Å². The summed E-state index contributed by atoms with van der Waals surface area (Å²) in [5, 5.41) is 11.6. The third-order valence-corrected chi connectivity index (χ3v) is 7.73. The molecule has 2 unspecified atom stereocenters. The van der Waals surface area contributed by atoms with Crippen LogP contribution in [0.2, 0.25) is 0 Å². The van der Waals surface area contributed by atoms with E-state index >= 15 is 0 Å². The Morgan fingerprint density at radius 2 is 1.19 bits per heavy atom. The van der Waals surface area contributed by atoms with E-state index in [-0.39, 0.29) is 49.1 Å². The first-order valence-corrected chi connectivity index (χ1v) is 18.4. The lowest BCUT2D eigenvalue weighted by Gasteiger charge is -2.34. The van der Waals surface area contributed by atoms with E-state index in [0.29, 0.717) is 12.8 Å². The highest BCUT2D eigenvalue weighted by Gasteiger charge is 2.25. The number of unbranched alkanes of at least 4 members (excludes halogenated alkanes) is 10. The summed E-state index contributed by atoms with van der Waals surface area (Å²) in [4.78, 5) is 36.6. The molecule has 8 nitrogen and oxygen atoms in total. The molecule has 0 fully saturated rings. The van der Waals surface area contributed by atoms with Gasteiger partial charge in [-0.2, -0.15) is 0 Å². The summed E-state index contributed by atoms with van der Waals surface area (Å²) in [6.07, 6.45) is 35.3. The molecule has 0 spiro atoms. The van der Waals surface area contributed by atoms with E-state index in [4.69, 9.17) is 14.2 Å². The second-order valence-corrected chi connectivity index (χ2v) is 13.2. The molecule has 2 atom stereocenters. The Kier molecular flexibility index (Phi) is 29.4. The zero-order valence-electron chi connectivity index (χ0n) is 30.9. The number of ether oxygens (including phenoxy) is 3. The minimum absolute atomic E-state index is 0.0191. The summed E-state index contributed by atoms with van der Waals surface area (Å²) in [5.74, 6) is -1.81. The maximum Gasteiger partial charge on any atom is 0.306 e. The minimum atomic E-state index is -1.14. The Labute approximate surface area is 292 Å². The molecule has 0 bridgehead atoms. The van der Waals surface area contributed by atoms with Crippen molar-refractivity contribution < 1.29 is 38.2 Å². The molecule has 0 saturated carbocycles. The number of carboxylic acid groups (broad SMARTS) is 1. The van der Waals surface area contributed by atoms with Gasteiger partial charge in [0.25, 0.3) is 0 Å². The van der Waals surface area contributed by atoms with Gasteiger partial charge in [0.15, 0.2) is 6.10 Å². The molecule has 0 rings (SSSR count). The summed E-state index contributed by atoms with van der Waals surface area (Å²) in [7, 11) is 5.37. The molecule has 48 heavy (non-hydrogen) atoms. The van der Waals surface area contributed by atoms with Crippen LogP contribution in [0.4, 0.5) is 0 Å². The maximum atomic E-state index is 12.6. The first-order valence-electron chi connectivity index (χ1n) is 18.4. The second kappa shape index (κ2) is 31.3. The molecule has 0 heterocycles. The molecular weight excluding hydrogens is 606 g/mol. The Balaban J connectivity index is 4.55. The number of rotatable bonds is 31. The topological polar surface area (TPSA) is 102 Å². The number of hydrogen-bond acceptors (Lipinski definition) is 7. The normalized spacial score (nSPS) is 13.8. The Bertz CT molecular complexity index is 975. The van der Waals surface area contributed by atoms with Gasteiger partial charge in [-0.1, -0.05) is 113 Å². The lowest BCUT2D eigenvalue weighted by atomic mass is 10.1. The van der Waals surface area contributed by atoms with Crippen LogP contribution in [0.25, 0.3) is 0 Å². The van der Waals surface area contributed by atoms with Gasteiger partial charge < -0.3 is 28.6 Å². The average molecular weight is 674 g/mol. The van der Waals surface area contributed by atoms with E-state index in [0.717, 1.165) is 64.2 Å². The van der Waals surface area contributed by atoms with Crippen molar-refractivity contribution in [1.82, 2.24) is 0 Å². The molecule has 0 aliphatic carbocycles. The number of allylic oxidation sites excluding steroid dienone is 10. The summed E-state index contributed by atoms with van der Waals surface area (Å²) < 4.78 is 17.0. The Morgan fingerprint density at radius 3 is 1.81 bits per heavy atom. The fourth-order valence-electron chi connectivity index (χ4n) is 4.82. The number of quaternary nitrogens is 1. The molecular formula is C40H67NO7. The number of esters is 2. The zero-order valence-corrected chi connectivity index (χ0v) is 30.9. The largest absolute Gasteiger partial charge is 0.544 e. The summed E-state index contributed by atoms with van der Waals surface area (Å²) in [6, 6.07) is -0.734. The van der Waals surface area contributed by atoms with Gasteiger partial charge in [-0.05, 0) is 51.4 Å². The number of carbonyl (C=O) groups excluding carboxylic acids is 3. The summed E-state index contributed by atoms with van der Waals surface area (Å²) in [6.45, 7) is 4.39. The van der Waals surface area contributed by atoms with Crippen molar-refractivity contribution in [2.24, 2.45) is 0 Å². The van der Waals surface area contributed by atoms with Crippen LogP contribution in [0.3, 0.4) is 0 Å². The van der Waals surface area contributed by atoms with Crippen LogP contribution < -0.4 is 5.11 Å². The first kappa shape index (κ1) is 45.0. The van der Waals surface area contributed by atoms with E-state index in [9.17, 15) is 19.5 Å². The van der Waals surface area contributed by atoms with Crippen molar-refractivity contribution in [3.05, 3.63) is 60.8 Å². The van der Waals surface area contributed by atoms with Gasteiger partial charge in [0.2, 0.25) is 0 Å². The SMILES string of the molecule is CC/C=C/C=C/C=C/C=C/CCCCCC(=O)OC(COCCC(C(=O)[O-])[N+](C)(C)C)COC(=O)CCCCCCC/C=C/CCCC. The van der Waals surface area contributed by atoms with Crippen molar-refractivity contribution in [3.63, 3.8) is 0 Å². The third kappa shape index (κ3) is 29.2. The van der Waals surface area contributed by atoms with Crippen molar-refractivity contribution in [1.29, 1.82) is 0 Å². The fourth-order valence-corrected chi connectivity index (χ4v) is 4.82. The number of likely N-dealkylation sites (N-methyl/N-ethyl adjacent to an activating group) is 1. The van der Waals surface area contributed by atoms with Crippen LogP contribution in [0, 0.1) is 0 Å². The standard InChI is InChI=1S/C40H67NO7/c1-6-8-10-12-14-16-18-19-21-23-25-27-29-31-39(43)48-36(34-46-33-32-37(40(44)45)41(3,4)5)35-47-38(42)30-28-26-24-22-20-17-15-13-11-9-7-2/h8,10,12-16,18-19,21,36-37H,6-7,9,11,17,20,22-35H2,1-5H3/b10-8+,14-12+,15-13+,18-16+,21-19+. The zero-order chi connectivity index (χ0) is 35.7. The molecule has 8 heteroatoms. The quantitative estimate of drug-likeness (QED) is 0.0244. The highest BCUT2D eigenvalue weighted by atomic mass is 16.6. The predicted molar refractivity (Wildman–Crippen MR) is 194 cm³/mol. The van der Waals surface area contributed by atoms with E-state index < -0.39 is 18.1 Å². The van der Waals surface area contributed by atoms with Crippen molar-refractivity contribution >= 4 is 17.9 Å². The predicted octanol–water partition coefficient (Wildman–Crippen LogP) is 7.74. The molecule has 0 aromatic rings. The molecule has 0 aromatic heterocycles. The van der Waals surface area contributed by atoms with E-state index in [1.54, 1.807) is 21.1 Å². The summed E-state index contributed by atoms with van der Waals surface area (Å²) >= 11 is 0. The van der Waals surface area contributed by atoms with E-state index in [2.05, 4.69) is 38.2 Å². The minimum Gasteiger partial charge on any atom is -0.544 e. The van der Waals surface area contributed by atoms with Crippen LogP contribution in [0.5, 0.6) is 0 Å². The molecule has 0 amide bonds. The first-order chi connectivity index (χ1) is 23.1. The lowest BCUT2D eigenvalue weighted by molar-refractivity contribution is -0.889. The molecule has 0 aromatic carbocycles.